The standard InChI is InChI=1S/C20H19FN4O2/c1-14(26)23-19-13-18(24-25(19)17-5-3-2-4-6-17)20(27)22-12-11-15-7-9-16(21)10-8-15/h2-10,13H,11-12H2,1H3,(H,22,27)(H,23,26). The summed E-state index contributed by atoms with van der Waals surface area (Å²) in [5.41, 5.74) is 1.85. The second-order valence-electron chi connectivity index (χ2n) is 5.98. The van der Waals surface area contributed by atoms with Crippen molar-refractivity contribution >= 4 is 17.6 Å². The van der Waals surface area contributed by atoms with Crippen LogP contribution in [0.1, 0.15) is 23.0 Å². The van der Waals surface area contributed by atoms with E-state index in [0.29, 0.717) is 18.8 Å². The summed E-state index contributed by atoms with van der Waals surface area (Å²) in [7, 11) is 0. The predicted octanol–water partition coefficient (Wildman–Crippen LogP) is 2.94. The molecule has 2 N–H and O–H groups in total. The van der Waals surface area contributed by atoms with Gasteiger partial charge < -0.3 is 10.6 Å². The molecule has 2 amide bonds. The fourth-order valence-corrected chi connectivity index (χ4v) is 2.59. The summed E-state index contributed by atoms with van der Waals surface area (Å²) in [5, 5.41) is 9.78. The Labute approximate surface area is 156 Å². The van der Waals surface area contributed by atoms with Crippen LogP contribution in [-0.4, -0.2) is 28.1 Å². The fourth-order valence-electron chi connectivity index (χ4n) is 2.59. The number of para-hydroxylation sites is 1. The highest BCUT2D eigenvalue weighted by molar-refractivity contribution is 5.95. The minimum atomic E-state index is -0.349. The summed E-state index contributed by atoms with van der Waals surface area (Å²) >= 11 is 0. The van der Waals surface area contributed by atoms with Crippen LogP contribution >= 0.6 is 0 Å². The number of hydrogen-bond donors (Lipinski definition) is 2. The number of nitrogens with zero attached hydrogens (tertiary/aromatic N) is 2. The Kier molecular flexibility index (Phi) is 5.61. The normalized spacial score (nSPS) is 10.4. The van der Waals surface area contributed by atoms with Crippen molar-refractivity contribution in [1.29, 1.82) is 0 Å². The van der Waals surface area contributed by atoms with Crippen LogP contribution in [0.3, 0.4) is 0 Å². The Hall–Kier alpha value is -3.48. The highest BCUT2D eigenvalue weighted by Gasteiger charge is 2.16. The largest absolute Gasteiger partial charge is 0.350 e. The van der Waals surface area contributed by atoms with Crippen molar-refractivity contribution in [2.75, 3.05) is 11.9 Å². The number of nitrogens with one attached hydrogen (secondary N) is 2. The summed E-state index contributed by atoms with van der Waals surface area (Å²) in [6.45, 7) is 1.78. The van der Waals surface area contributed by atoms with Crippen LogP contribution in [0.5, 0.6) is 0 Å². The topological polar surface area (TPSA) is 76.0 Å². The molecule has 138 valence electrons. The molecule has 0 fully saturated rings. The summed E-state index contributed by atoms with van der Waals surface area (Å²) in [5.74, 6) is -0.481. The molecule has 27 heavy (non-hydrogen) atoms. The molecule has 0 aliphatic rings. The lowest BCUT2D eigenvalue weighted by molar-refractivity contribution is -0.114. The molecule has 0 saturated carbocycles. The number of hydrogen-bond acceptors (Lipinski definition) is 3. The molecule has 0 saturated heterocycles. The van der Waals surface area contributed by atoms with E-state index in [1.165, 1.54) is 29.8 Å². The molecule has 0 radical (unpaired) electrons. The molecule has 6 nitrogen and oxygen atoms in total. The number of carbonyl (C=O) groups excluding carboxylic acids is 2. The van der Waals surface area contributed by atoms with Gasteiger partial charge in [0, 0.05) is 19.5 Å². The Bertz CT molecular complexity index is 936. The first-order valence-corrected chi connectivity index (χ1v) is 8.48. The van der Waals surface area contributed by atoms with Crippen molar-refractivity contribution in [3.8, 4) is 5.69 Å². The van der Waals surface area contributed by atoms with Crippen molar-refractivity contribution in [3.05, 3.63) is 77.7 Å². The lowest BCUT2D eigenvalue weighted by Gasteiger charge is -2.06. The smallest absolute Gasteiger partial charge is 0.271 e. The zero-order valence-electron chi connectivity index (χ0n) is 14.8. The molecule has 1 aromatic heterocycles. The van der Waals surface area contributed by atoms with Crippen LogP contribution in [0.4, 0.5) is 10.2 Å². The molecule has 0 aliphatic carbocycles. The minimum Gasteiger partial charge on any atom is -0.350 e. The molecule has 0 aliphatic heterocycles. The third-order valence-corrected chi connectivity index (χ3v) is 3.86. The Morgan fingerprint density at radius 2 is 1.78 bits per heavy atom. The average Bonchev–Trinajstić information content (AvgIpc) is 3.07. The zero-order chi connectivity index (χ0) is 19.2. The second-order valence-corrected chi connectivity index (χ2v) is 5.98. The van der Waals surface area contributed by atoms with Crippen LogP contribution in [0, 0.1) is 5.82 Å². The van der Waals surface area contributed by atoms with Crippen LogP contribution in [0.2, 0.25) is 0 Å². The van der Waals surface area contributed by atoms with E-state index >= 15 is 0 Å². The van der Waals surface area contributed by atoms with E-state index in [1.807, 2.05) is 30.3 Å². The molecular weight excluding hydrogens is 347 g/mol. The van der Waals surface area contributed by atoms with Gasteiger partial charge in [0.15, 0.2) is 5.69 Å². The van der Waals surface area contributed by atoms with Gasteiger partial charge in [0.1, 0.15) is 11.6 Å². The summed E-state index contributed by atoms with van der Waals surface area (Å²) in [6.07, 6.45) is 0.573. The zero-order valence-corrected chi connectivity index (χ0v) is 14.8. The number of rotatable bonds is 6. The Morgan fingerprint density at radius 1 is 1.07 bits per heavy atom. The molecule has 1 heterocycles. The predicted molar refractivity (Wildman–Crippen MR) is 100 cm³/mol. The first-order chi connectivity index (χ1) is 13.0. The van der Waals surface area contributed by atoms with Crippen LogP contribution in [0.25, 0.3) is 5.69 Å². The quantitative estimate of drug-likeness (QED) is 0.704. The van der Waals surface area contributed by atoms with Gasteiger partial charge in [-0.3, -0.25) is 9.59 Å². The lowest BCUT2D eigenvalue weighted by atomic mass is 10.1. The van der Waals surface area contributed by atoms with Crippen LogP contribution < -0.4 is 10.6 Å². The lowest BCUT2D eigenvalue weighted by Crippen LogP contribution is -2.26. The molecule has 7 heteroatoms. The first kappa shape index (κ1) is 18.3. The van der Waals surface area contributed by atoms with Crippen LogP contribution in [0.15, 0.2) is 60.7 Å². The minimum absolute atomic E-state index is 0.196. The Morgan fingerprint density at radius 3 is 2.44 bits per heavy atom. The number of aromatic nitrogens is 2. The van der Waals surface area contributed by atoms with E-state index < -0.39 is 0 Å². The SMILES string of the molecule is CC(=O)Nc1cc(C(=O)NCCc2ccc(F)cc2)nn1-c1ccccc1. The fraction of sp³-hybridized carbons (Fsp3) is 0.150. The molecule has 0 unspecified atom stereocenters. The van der Waals surface area contributed by atoms with Gasteiger partial charge in [0.05, 0.1) is 5.69 Å². The Balaban J connectivity index is 1.71. The van der Waals surface area contributed by atoms with Crippen molar-refractivity contribution in [2.24, 2.45) is 0 Å². The summed E-state index contributed by atoms with van der Waals surface area (Å²) < 4.78 is 14.4. The van der Waals surface area contributed by atoms with Crippen molar-refractivity contribution in [2.45, 2.75) is 13.3 Å². The summed E-state index contributed by atoms with van der Waals surface area (Å²) in [6, 6.07) is 16.9. The van der Waals surface area contributed by atoms with Gasteiger partial charge in [-0.1, -0.05) is 30.3 Å². The number of anilines is 1. The average molecular weight is 366 g/mol. The van der Waals surface area contributed by atoms with Gasteiger partial charge in [-0.2, -0.15) is 5.10 Å². The second kappa shape index (κ2) is 8.27. The maximum absolute atomic E-state index is 12.9. The van der Waals surface area contributed by atoms with E-state index in [4.69, 9.17) is 0 Å². The van der Waals surface area contributed by atoms with Gasteiger partial charge in [0.2, 0.25) is 5.91 Å². The monoisotopic (exact) mass is 366 g/mol. The third-order valence-electron chi connectivity index (χ3n) is 3.86. The maximum Gasteiger partial charge on any atom is 0.271 e. The number of halogens is 1. The highest BCUT2D eigenvalue weighted by atomic mass is 19.1. The molecular formula is C20H19FN4O2. The molecule has 0 bridgehead atoms. The van der Waals surface area contributed by atoms with Crippen molar-refractivity contribution in [1.82, 2.24) is 15.1 Å². The third kappa shape index (κ3) is 4.78. The van der Waals surface area contributed by atoms with Crippen molar-refractivity contribution < 1.29 is 14.0 Å². The maximum atomic E-state index is 12.9. The highest BCUT2D eigenvalue weighted by Crippen LogP contribution is 2.17. The van der Waals surface area contributed by atoms with Gasteiger partial charge >= 0.3 is 0 Å². The van der Waals surface area contributed by atoms with E-state index in [9.17, 15) is 14.0 Å². The van der Waals surface area contributed by atoms with E-state index in [1.54, 1.807) is 12.1 Å². The molecule has 2 aromatic carbocycles. The molecule has 0 spiro atoms. The number of carbonyl (C=O) groups is 2. The number of benzene rings is 2. The van der Waals surface area contributed by atoms with Crippen LogP contribution in [-0.2, 0) is 11.2 Å². The van der Waals surface area contributed by atoms with Gasteiger partial charge in [0.25, 0.3) is 5.91 Å². The molecule has 0 atom stereocenters. The van der Waals surface area contributed by atoms with E-state index in [0.717, 1.165) is 11.3 Å². The molecule has 3 rings (SSSR count). The summed E-state index contributed by atoms with van der Waals surface area (Å²) in [4.78, 5) is 23.9. The molecule has 3 aromatic rings. The number of amides is 2. The van der Waals surface area contributed by atoms with Gasteiger partial charge in [-0.05, 0) is 36.2 Å². The van der Waals surface area contributed by atoms with E-state index in [-0.39, 0.29) is 23.3 Å². The van der Waals surface area contributed by atoms with Gasteiger partial charge in [-0.15, -0.1) is 0 Å². The van der Waals surface area contributed by atoms with E-state index in [2.05, 4.69) is 15.7 Å². The first-order valence-electron chi connectivity index (χ1n) is 8.48. The van der Waals surface area contributed by atoms with Crippen molar-refractivity contribution in [3.63, 3.8) is 0 Å². The van der Waals surface area contributed by atoms with Gasteiger partial charge in [-0.25, -0.2) is 9.07 Å².